The van der Waals surface area contributed by atoms with Gasteiger partial charge in [-0.2, -0.15) is 0 Å². The van der Waals surface area contributed by atoms with Gasteiger partial charge in [-0.15, -0.1) is 0 Å². The molecule has 1 aromatic rings. The minimum absolute atomic E-state index is 0.00282. The van der Waals surface area contributed by atoms with E-state index in [1.807, 2.05) is 0 Å². The van der Waals surface area contributed by atoms with Crippen molar-refractivity contribution in [3.63, 3.8) is 0 Å². The molecule has 0 aromatic heterocycles. The highest BCUT2D eigenvalue weighted by atomic mass is 16.6. The lowest BCUT2D eigenvalue weighted by molar-refractivity contribution is -0.385. The van der Waals surface area contributed by atoms with Gasteiger partial charge >= 0.3 is 0 Å². The lowest BCUT2D eigenvalue weighted by Crippen LogP contribution is -2.35. The third kappa shape index (κ3) is 2.94. The first kappa shape index (κ1) is 14.4. The Labute approximate surface area is 116 Å². The van der Waals surface area contributed by atoms with Gasteiger partial charge < -0.3 is 15.4 Å². The van der Waals surface area contributed by atoms with Crippen LogP contribution in [-0.2, 0) is 9.53 Å². The molecule has 1 amide bonds. The average Bonchev–Trinajstić information content (AvgIpc) is 2.89. The Kier molecular flexibility index (Phi) is 4.31. The summed E-state index contributed by atoms with van der Waals surface area (Å²) in [4.78, 5) is 22.5. The molecule has 20 heavy (non-hydrogen) atoms. The summed E-state index contributed by atoms with van der Waals surface area (Å²) in [7, 11) is 1.61. The zero-order chi connectivity index (χ0) is 14.7. The van der Waals surface area contributed by atoms with E-state index in [0.29, 0.717) is 24.2 Å². The van der Waals surface area contributed by atoms with Crippen LogP contribution in [0.3, 0.4) is 0 Å². The molecule has 1 heterocycles. The van der Waals surface area contributed by atoms with Gasteiger partial charge in [0.2, 0.25) is 5.91 Å². The summed E-state index contributed by atoms with van der Waals surface area (Å²) in [6.45, 7) is 2.25. The molecule has 108 valence electrons. The topological polar surface area (TPSA) is 93.5 Å². The standard InChI is InChI=1S/C13H17N3O4/c1-8-10(4-3-5-12(8)16(18)19)15-13(17)11-6-9(20-2)7-14-11/h3-5,9,11,14H,6-7H2,1-2H3,(H,15,17). The van der Waals surface area contributed by atoms with Crippen molar-refractivity contribution < 1.29 is 14.5 Å². The first-order valence-electron chi connectivity index (χ1n) is 6.34. The van der Waals surface area contributed by atoms with Gasteiger partial charge in [0.15, 0.2) is 0 Å². The fraction of sp³-hybridized carbons (Fsp3) is 0.462. The summed E-state index contributed by atoms with van der Waals surface area (Å²) >= 11 is 0. The van der Waals surface area contributed by atoms with Crippen molar-refractivity contribution >= 4 is 17.3 Å². The lowest BCUT2D eigenvalue weighted by Gasteiger charge is -2.13. The molecule has 1 saturated heterocycles. The molecule has 2 N–H and O–H groups in total. The number of nitro benzene ring substituents is 1. The number of nitrogens with one attached hydrogen (secondary N) is 2. The van der Waals surface area contributed by atoms with Crippen LogP contribution in [0.25, 0.3) is 0 Å². The van der Waals surface area contributed by atoms with E-state index in [4.69, 9.17) is 4.74 Å². The van der Waals surface area contributed by atoms with Crippen molar-refractivity contribution in [3.05, 3.63) is 33.9 Å². The van der Waals surface area contributed by atoms with Gasteiger partial charge in [-0.05, 0) is 19.4 Å². The normalized spacial score (nSPS) is 21.7. The molecular formula is C13H17N3O4. The zero-order valence-corrected chi connectivity index (χ0v) is 11.4. The maximum Gasteiger partial charge on any atom is 0.274 e. The van der Waals surface area contributed by atoms with E-state index in [1.165, 1.54) is 6.07 Å². The highest BCUT2D eigenvalue weighted by Gasteiger charge is 2.29. The predicted octanol–water partition coefficient (Wildman–Crippen LogP) is 1.22. The van der Waals surface area contributed by atoms with Crippen LogP contribution < -0.4 is 10.6 Å². The number of nitro groups is 1. The van der Waals surface area contributed by atoms with E-state index < -0.39 is 4.92 Å². The summed E-state index contributed by atoms with van der Waals surface area (Å²) in [6, 6.07) is 4.29. The molecule has 7 heteroatoms. The predicted molar refractivity (Wildman–Crippen MR) is 73.7 cm³/mol. The molecule has 1 aromatic carbocycles. The number of nitrogens with zero attached hydrogens (tertiary/aromatic N) is 1. The monoisotopic (exact) mass is 279 g/mol. The second-order valence-electron chi connectivity index (χ2n) is 4.75. The van der Waals surface area contributed by atoms with E-state index in [1.54, 1.807) is 26.2 Å². The van der Waals surface area contributed by atoms with Crippen LogP contribution in [0.1, 0.15) is 12.0 Å². The molecule has 1 aliphatic heterocycles. The minimum Gasteiger partial charge on any atom is -0.380 e. The molecule has 2 atom stereocenters. The van der Waals surface area contributed by atoms with Gasteiger partial charge in [0, 0.05) is 19.7 Å². The fourth-order valence-corrected chi connectivity index (χ4v) is 2.26. The lowest BCUT2D eigenvalue weighted by atomic mass is 10.1. The Hall–Kier alpha value is -1.99. The molecule has 2 rings (SSSR count). The highest BCUT2D eigenvalue weighted by Crippen LogP contribution is 2.25. The average molecular weight is 279 g/mol. The van der Waals surface area contributed by atoms with Gasteiger partial charge in [-0.3, -0.25) is 14.9 Å². The Balaban J connectivity index is 2.09. The van der Waals surface area contributed by atoms with Crippen molar-refractivity contribution in [3.8, 4) is 0 Å². The summed E-state index contributed by atoms with van der Waals surface area (Å²) in [5.74, 6) is -0.201. The van der Waals surface area contributed by atoms with Crippen LogP contribution in [0, 0.1) is 17.0 Å². The smallest absolute Gasteiger partial charge is 0.274 e. The fourth-order valence-electron chi connectivity index (χ4n) is 2.26. The quantitative estimate of drug-likeness (QED) is 0.638. The number of ether oxygens (including phenoxy) is 1. The van der Waals surface area contributed by atoms with Crippen molar-refractivity contribution in [1.29, 1.82) is 0 Å². The second-order valence-corrected chi connectivity index (χ2v) is 4.75. The molecular weight excluding hydrogens is 262 g/mol. The third-order valence-electron chi connectivity index (χ3n) is 3.50. The maximum absolute atomic E-state index is 12.1. The molecule has 2 unspecified atom stereocenters. The van der Waals surface area contributed by atoms with Gasteiger partial charge in [0.1, 0.15) is 0 Å². The summed E-state index contributed by atoms with van der Waals surface area (Å²) in [5, 5.41) is 16.7. The van der Waals surface area contributed by atoms with E-state index in [0.717, 1.165) is 0 Å². The summed E-state index contributed by atoms with van der Waals surface area (Å²) in [5.41, 5.74) is 0.913. The van der Waals surface area contributed by atoms with Gasteiger partial charge in [0.25, 0.3) is 5.69 Å². The molecule has 7 nitrogen and oxygen atoms in total. The van der Waals surface area contributed by atoms with Gasteiger partial charge in [-0.1, -0.05) is 6.07 Å². The van der Waals surface area contributed by atoms with Crippen LogP contribution >= 0.6 is 0 Å². The van der Waals surface area contributed by atoms with E-state index in [9.17, 15) is 14.9 Å². The molecule has 0 aliphatic carbocycles. The van der Waals surface area contributed by atoms with Crippen molar-refractivity contribution in [2.75, 3.05) is 19.0 Å². The van der Waals surface area contributed by atoms with Crippen molar-refractivity contribution in [2.24, 2.45) is 0 Å². The zero-order valence-electron chi connectivity index (χ0n) is 11.4. The van der Waals surface area contributed by atoms with Gasteiger partial charge in [-0.25, -0.2) is 0 Å². The summed E-state index contributed by atoms with van der Waals surface area (Å²) < 4.78 is 5.18. The molecule has 0 bridgehead atoms. The Morgan fingerprint density at radius 2 is 2.30 bits per heavy atom. The van der Waals surface area contributed by atoms with Crippen LogP contribution in [0.5, 0.6) is 0 Å². The molecule has 1 aliphatic rings. The van der Waals surface area contributed by atoms with E-state index in [-0.39, 0.29) is 23.7 Å². The van der Waals surface area contributed by atoms with E-state index in [2.05, 4.69) is 10.6 Å². The molecule has 0 spiro atoms. The second kappa shape index (κ2) is 5.98. The first-order valence-corrected chi connectivity index (χ1v) is 6.34. The first-order chi connectivity index (χ1) is 9.52. The maximum atomic E-state index is 12.1. The molecule has 0 saturated carbocycles. The number of rotatable bonds is 4. The van der Waals surface area contributed by atoms with E-state index >= 15 is 0 Å². The Morgan fingerprint density at radius 3 is 2.90 bits per heavy atom. The summed E-state index contributed by atoms with van der Waals surface area (Å²) in [6.07, 6.45) is 0.619. The van der Waals surface area contributed by atoms with Crippen LogP contribution in [0.2, 0.25) is 0 Å². The molecule has 1 fully saturated rings. The number of methoxy groups -OCH3 is 1. The van der Waals surface area contributed by atoms with Crippen LogP contribution in [0.4, 0.5) is 11.4 Å². The molecule has 0 radical (unpaired) electrons. The van der Waals surface area contributed by atoms with Crippen LogP contribution in [0.15, 0.2) is 18.2 Å². The largest absolute Gasteiger partial charge is 0.380 e. The number of amides is 1. The number of anilines is 1. The number of hydrogen-bond donors (Lipinski definition) is 2. The van der Waals surface area contributed by atoms with Crippen molar-refractivity contribution in [1.82, 2.24) is 5.32 Å². The SMILES string of the molecule is COC1CNC(C(=O)Nc2cccc([N+](=O)[O-])c2C)C1. The number of carbonyl (C=O) groups is 1. The Morgan fingerprint density at radius 1 is 1.55 bits per heavy atom. The third-order valence-corrected chi connectivity index (χ3v) is 3.50. The van der Waals surface area contributed by atoms with Crippen molar-refractivity contribution in [2.45, 2.75) is 25.5 Å². The van der Waals surface area contributed by atoms with Gasteiger partial charge in [0.05, 0.1) is 28.3 Å². The number of hydrogen-bond acceptors (Lipinski definition) is 5. The highest BCUT2D eigenvalue weighted by molar-refractivity contribution is 5.96. The Bertz CT molecular complexity index is 532. The number of carbonyl (C=O) groups excluding carboxylic acids is 1. The minimum atomic E-state index is -0.459. The number of benzene rings is 1. The van der Waals surface area contributed by atoms with Crippen LogP contribution in [-0.4, -0.2) is 36.6 Å².